The molecule has 1 fully saturated rings. The molecule has 1 aliphatic rings. The molecule has 1 saturated heterocycles. The van der Waals surface area contributed by atoms with Crippen molar-refractivity contribution in [2.75, 3.05) is 31.1 Å². The van der Waals surface area contributed by atoms with Crippen LogP contribution in [0.1, 0.15) is 18.1 Å². The van der Waals surface area contributed by atoms with Gasteiger partial charge in [-0.25, -0.2) is 0 Å². The molecule has 1 N–H and O–H groups in total. The molecule has 1 unspecified atom stereocenters. The van der Waals surface area contributed by atoms with Crippen molar-refractivity contribution in [2.24, 2.45) is 0 Å². The van der Waals surface area contributed by atoms with E-state index in [9.17, 15) is 5.11 Å². The van der Waals surface area contributed by atoms with Crippen LogP contribution in [-0.2, 0) is 0 Å². The Balaban J connectivity index is 1.80. The number of aliphatic hydroxyl groups is 1. The zero-order valence-corrected chi connectivity index (χ0v) is 12.2. The van der Waals surface area contributed by atoms with Crippen molar-refractivity contribution < 1.29 is 5.11 Å². The van der Waals surface area contributed by atoms with Crippen LogP contribution in [0.5, 0.6) is 0 Å². The van der Waals surface area contributed by atoms with Crippen LogP contribution in [0, 0.1) is 0 Å². The third-order valence-corrected chi connectivity index (χ3v) is 4.55. The van der Waals surface area contributed by atoms with E-state index in [1.807, 2.05) is 36.0 Å². The molecule has 1 aromatic rings. The third kappa shape index (κ3) is 4.28. The molecule has 1 heterocycles. The Morgan fingerprint density at radius 2 is 1.88 bits per heavy atom. The summed E-state index contributed by atoms with van der Waals surface area (Å²) in [6.07, 6.45) is 0.490. The number of nitrogens with zero attached hydrogens (tertiary/aromatic N) is 1. The molecule has 0 amide bonds. The molecule has 94 valence electrons. The number of hydrogen-bond donors (Lipinski definition) is 1. The number of aliphatic hydroxyl groups excluding tert-OH is 1. The van der Waals surface area contributed by atoms with Gasteiger partial charge in [-0.2, -0.15) is 11.8 Å². The van der Waals surface area contributed by atoms with Crippen molar-refractivity contribution in [3.63, 3.8) is 0 Å². The highest BCUT2D eigenvalue weighted by Crippen LogP contribution is 2.20. The van der Waals surface area contributed by atoms with Crippen LogP contribution >= 0.6 is 27.7 Å². The first-order chi connectivity index (χ1) is 8.25. The van der Waals surface area contributed by atoms with Crippen LogP contribution in [-0.4, -0.2) is 41.1 Å². The first kappa shape index (κ1) is 13.4. The van der Waals surface area contributed by atoms with Crippen molar-refractivity contribution in [2.45, 2.75) is 12.5 Å². The topological polar surface area (TPSA) is 23.5 Å². The first-order valence-corrected chi connectivity index (χ1v) is 7.94. The van der Waals surface area contributed by atoms with E-state index >= 15 is 0 Å². The van der Waals surface area contributed by atoms with Crippen molar-refractivity contribution in [3.05, 3.63) is 34.3 Å². The molecule has 2 nitrogen and oxygen atoms in total. The van der Waals surface area contributed by atoms with Gasteiger partial charge in [0, 0.05) is 35.6 Å². The van der Waals surface area contributed by atoms with Gasteiger partial charge in [0.2, 0.25) is 0 Å². The Morgan fingerprint density at radius 1 is 1.24 bits per heavy atom. The van der Waals surface area contributed by atoms with Gasteiger partial charge in [0.1, 0.15) is 0 Å². The lowest BCUT2D eigenvalue weighted by Crippen LogP contribution is -2.33. The quantitative estimate of drug-likeness (QED) is 0.924. The number of hydrogen-bond acceptors (Lipinski definition) is 3. The summed E-state index contributed by atoms with van der Waals surface area (Å²) in [6, 6.07) is 7.94. The van der Waals surface area contributed by atoms with Crippen molar-refractivity contribution >= 4 is 27.7 Å². The van der Waals surface area contributed by atoms with Gasteiger partial charge in [-0.05, 0) is 24.1 Å². The molecule has 0 aliphatic carbocycles. The summed E-state index contributed by atoms with van der Waals surface area (Å²) in [5.74, 6) is 2.46. The normalized spacial score (nSPS) is 19.2. The second kappa shape index (κ2) is 6.78. The fraction of sp³-hybridized carbons (Fsp3) is 0.538. The van der Waals surface area contributed by atoms with Crippen LogP contribution in [0.4, 0.5) is 0 Å². The third-order valence-electron chi connectivity index (χ3n) is 3.08. The summed E-state index contributed by atoms with van der Waals surface area (Å²) in [6.45, 7) is 3.33. The minimum Gasteiger partial charge on any atom is -0.388 e. The van der Waals surface area contributed by atoms with Gasteiger partial charge in [-0.1, -0.05) is 28.1 Å². The average Bonchev–Trinajstić information content (AvgIpc) is 2.38. The van der Waals surface area contributed by atoms with Gasteiger partial charge in [0.05, 0.1) is 6.10 Å². The van der Waals surface area contributed by atoms with E-state index in [0.717, 1.165) is 36.1 Å². The summed E-state index contributed by atoms with van der Waals surface area (Å²) in [4.78, 5) is 2.44. The molecular formula is C13H18BrNOS. The highest BCUT2D eigenvalue weighted by atomic mass is 79.9. The molecule has 0 aromatic heterocycles. The molecule has 17 heavy (non-hydrogen) atoms. The van der Waals surface area contributed by atoms with Gasteiger partial charge in [0.25, 0.3) is 0 Å². The molecule has 0 saturated carbocycles. The zero-order chi connectivity index (χ0) is 12.1. The van der Waals surface area contributed by atoms with Gasteiger partial charge in [-0.3, -0.25) is 0 Å². The van der Waals surface area contributed by atoms with Crippen LogP contribution < -0.4 is 0 Å². The Morgan fingerprint density at radius 3 is 2.53 bits per heavy atom. The molecule has 1 atom stereocenters. The van der Waals surface area contributed by atoms with Gasteiger partial charge < -0.3 is 10.0 Å². The molecule has 0 spiro atoms. The van der Waals surface area contributed by atoms with Crippen molar-refractivity contribution in [1.82, 2.24) is 4.90 Å². The van der Waals surface area contributed by atoms with E-state index in [1.54, 1.807) is 0 Å². The second-order valence-electron chi connectivity index (χ2n) is 4.31. The zero-order valence-electron chi connectivity index (χ0n) is 9.81. The fourth-order valence-electron chi connectivity index (χ4n) is 1.98. The summed E-state index contributed by atoms with van der Waals surface area (Å²) < 4.78 is 1.06. The minimum atomic E-state index is -0.335. The van der Waals surface area contributed by atoms with Crippen molar-refractivity contribution in [3.8, 4) is 0 Å². The fourth-order valence-corrected chi connectivity index (χ4v) is 3.22. The largest absolute Gasteiger partial charge is 0.388 e. The van der Waals surface area contributed by atoms with E-state index in [4.69, 9.17) is 0 Å². The highest BCUT2D eigenvalue weighted by Gasteiger charge is 2.13. The SMILES string of the molecule is OC(CCN1CCSCC1)c1ccc(Br)cc1. The van der Waals surface area contributed by atoms with Crippen molar-refractivity contribution in [1.29, 1.82) is 0 Å². The van der Waals surface area contributed by atoms with Crippen LogP contribution in [0.15, 0.2) is 28.7 Å². The molecule has 0 radical (unpaired) electrons. The van der Waals surface area contributed by atoms with Crippen LogP contribution in [0.2, 0.25) is 0 Å². The lowest BCUT2D eigenvalue weighted by Gasteiger charge is -2.27. The number of halogens is 1. The summed E-state index contributed by atoms with van der Waals surface area (Å²) in [7, 11) is 0. The minimum absolute atomic E-state index is 0.335. The predicted molar refractivity (Wildman–Crippen MR) is 77.5 cm³/mol. The molecule has 1 aromatic carbocycles. The smallest absolute Gasteiger partial charge is 0.0802 e. The van der Waals surface area contributed by atoms with E-state index in [0.29, 0.717) is 0 Å². The number of thioether (sulfide) groups is 1. The lowest BCUT2D eigenvalue weighted by atomic mass is 10.1. The Kier molecular flexibility index (Phi) is 5.35. The number of rotatable bonds is 4. The number of benzene rings is 1. The summed E-state index contributed by atoms with van der Waals surface area (Å²) in [5.41, 5.74) is 1.01. The maximum atomic E-state index is 10.1. The van der Waals surface area contributed by atoms with E-state index < -0.39 is 0 Å². The van der Waals surface area contributed by atoms with E-state index in [1.165, 1.54) is 11.5 Å². The monoisotopic (exact) mass is 315 g/mol. The van der Waals surface area contributed by atoms with Crippen LogP contribution in [0.3, 0.4) is 0 Å². The molecular weight excluding hydrogens is 298 g/mol. The first-order valence-electron chi connectivity index (χ1n) is 5.99. The maximum Gasteiger partial charge on any atom is 0.0802 e. The standard InChI is InChI=1S/C13H18BrNOS/c14-12-3-1-11(2-4-12)13(16)5-6-15-7-9-17-10-8-15/h1-4,13,16H,5-10H2. The summed E-state index contributed by atoms with van der Waals surface area (Å²) >= 11 is 5.43. The van der Waals surface area contributed by atoms with Gasteiger partial charge in [-0.15, -0.1) is 0 Å². The van der Waals surface area contributed by atoms with E-state index in [-0.39, 0.29) is 6.10 Å². The molecule has 1 aliphatic heterocycles. The molecule has 2 rings (SSSR count). The van der Waals surface area contributed by atoms with Crippen LogP contribution in [0.25, 0.3) is 0 Å². The van der Waals surface area contributed by atoms with Gasteiger partial charge >= 0.3 is 0 Å². The van der Waals surface area contributed by atoms with E-state index in [2.05, 4.69) is 20.8 Å². The maximum absolute atomic E-state index is 10.1. The molecule has 4 heteroatoms. The lowest BCUT2D eigenvalue weighted by molar-refractivity contribution is 0.145. The molecule has 0 bridgehead atoms. The van der Waals surface area contributed by atoms with Gasteiger partial charge in [0.15, 0.2) is 0 Å². The second-order valence-corrected chi connectivity index (χ2v) is 6.45. The Labute approximate surface area is 116 Å². The highest BCUT2D eigenvalue weighted by molar-refractivity contribution is 9.10. The average molecular weight is 316 g/mol. The Bertz CT molecular complexity index is 338. The predicted octanol–water partition coefficient (Wildman–Crippen LogP) is 2.92. The summed E-state index contributed by atoms with van der Waals surface area (Å²) in [5, 5.41) is 10.1. The Hall–Kier alpha value is -0.0300.